The highest BCUT2D eigenvalue weighted by Crippen LogP contribution is 2.42. The minimum atomic E-state index is -0.813. The smallest absolute Gasteiger partial charge is 0.235 e. The van der Waals surface area contributed by atoms with Crippen molar-refractivity contribution in [3.8, 4) is 17.4 Å². The fourth-order valence-corrected chi connectivity index (χ4v) is 3.89. The summed E-state index contributed by atoms with van der Waals surface area (Å²) in [6.45, 7) is 6.06. The lowest BCUT2D eigenvalue weighted by molar-refractivity contribution is -0.119. The molecule has 0 unspecified atom stereocenters. The summed E-state index contributed by atoms with van der Waals surface area (Å²) in [6.07, 6.45) is 1.66. The summed E-state index contributed by atoms with van der Waals surface area (Å²) >= 11 is 0. The molecule has 3 aromatic heterocycles. The van der Waals surface area contributed by atoms with E-state index in [1.54, 1.807) is 35.1 Å². The van der Waals surface area contributed by atoms with E-state index in [1.165, 1.54) is 6.07 Å². The van der Waals surface area contributed by atoms with Crippen LogP contribution in [0.1, 0.15) is 31.9 Å². The molecule has 1 aliphatic heterocycles. The molecule has 0 aliphatic carbocycles. The number of carbonyl (C=O) groups excluding carboxylic acids is 1. The zero-order valence-corrected chi connectivity index (χ0v) is 17.9. The number of pyridine rings is 1. The van der Waals surface area contributed by atoms with Gasteiger partial charge in [0, 0.05) is 11.8 Å². The van der Waals surface area contributed by atoms with Crippen LogP contribution in [0.5, 0.6) is 5.88 Å². The van der Waals surface area contributed by atoms with Crippen LogP contribution in [0.3, 0.4) is 0 Å². The van der Waals surface area contributed by atoms with Crippen molar-refractivity contribution in [1.29, 1.82) is 0 Å². The van der Waals surface area contributed by atoms with Gasteiger partial charge in [-0.3, -0.25) is 4.79 Å². The zero-order valence-electron chi connectivity index (χ0n) is 17.9. The van der Waals surface area contributed by atoms with Crippen molar-refractivity contribution in [2.75, 3.05) is 11.9 Å². The second kappa shape index (κ2) is 7.37. The molecule has 0 fully saturated rings. The van der Waals surface area contributed by atoms with Gasteiger partial charge < -0.3 is 10.1 Å². The molecule has 9 heteroatoms. The number of ether oxygens (including phenoxy) is 1. The first-order valence-electron chi connectivity index (χ1n) is 10.3. The average Bonchev–Trinajstić information content (AvgIpc) is 3.24. The summed E-state index contributed by atoms with van der Waals surface area (Å²) in [5.74, 6) is 0.573. The van der Waals surface area contributed by atoms with Crippen molar-refractivity contribution in [1.82, 2.24) is 24.7 Å². The summed E-state index contributed by atoms with van der Waals surface area (Å²) in [5.41, 5.74) is 1.37. The Morgan fingerprint density at radius 3 is 2.75 bits per heavy atom. The quantitative estimate of drug-likeness (QED) is 0.517. The van der Waals surface area contributed by atoms with E-state index in [4.69, 9.17) is 4.74 Å². The second-order valence-electron chi connectivity index (χ2n) is 8.06. The van der Waals surface area contributed by atoms with E-state index in [0.29, 0.717) is 46.6 Å². The molecule has 0 atom stereocenters. The number of aromatic nitrogens is 5. The first kappa shape index (κ1) is 20.0. The van der Waals surface area contributed by atoms with Crippen LogP contribution in [0.4, 0.5) is 10.2 Å². The lowest BCUT2D eigenvalue weighted by atomic mass is 9.87. The molecular formula is C23H21FN6O2. The van der Waals surface area contributed by atoms with Gasteiger partial charge in [-0.1, -0.05) is 18.2 Å². The number of nitrogens with zero attached hydrogens (tertiary/aromatic N) is 5. The maximum absolute atomic E-state index is 14.3. The molecule has 1 aromatic carbocycles. The van der Waals surface area contributed by atoms with Crippen LogP contribution in [-0.2, 0) is 16.8 Å². The highest BCUT2D eigenvalue weighted by Gasteiger charge is 2.43. The third kappa shape index (κ3) is 3.08. The molecule has 0 radical (unpaired) electrons. The van der Waals surface area contributed by atoms with Crippen LogP contribution < -0.4 is 10.1 Å². The van der Waals surface area contributed by atoms with Gasteiger partial charge in [-0.15, -0.1) is 0 Å². The van der Waals surface area contributed by atoms with Gasteiger partial charge in [0.1, 0.15) is 17.3 Å². The number of anilines is 1. The Labute approximate surface area is 183 Å². The van der Waals surface area contributed by atoms with Crippen molar-refractivity contribution in [2.24, 2.45) is 0 Å². The number of amides is 1. The van der Waals surface area contributed by atoms with Gasteiger partial charge in [0.25, 0.3) is 0 Å². The fraction of sp³-hybridized carbons (Fsp3) is 0.261. The molecule has 1 N–H and O–H groups in total. The number of halogens is 1. The van der Waals surface area contributed by atoms with Gasteiger partial charge in [0.2, 0.25) is 11.8 Å². The molecule has 0 saturated carbocycles. The van der Waals surface area contributed by atoms with E-state index in [1.807, 2.05) is 26.8 Å². The summed E-state index contributed by atoms with van der Waals surface area (Å²) in [5, 5.41) is 8.22. The van der Waals surface area contributed by atoms with Crippen molar-refractivity contribution < 1.29 is 13.9 Å². The molecule has 5 rings (SSSR count). The predicted molar refractivity (Wildman–Crippen MR) is 117 cm³/mol. The van der Waals surface area contributed by atoms with Gasteiger partial charge in [-0.05, 0) is 39.0 Å². The molecule has 8 nitrogen and oxygen atoms in total. The van der Waals surface area contributed by atoms with Gasteiger partial charge in [-0.2, -0.15) is 10.1 Å². The largest absolute Gasteiger partial charge is 0.478 e. The molecule has 4 heterocycles. The predicted octanol–water partition coefficient (Wildman–Crippen LogP) is 3.70. The first-order chi connectivity index (χ1) is 15.4. The summed E-state index contributed by atoms with van der Waals surface area (Å²) in [7, 11) is 0. The molecule has 0 spiro atoms. The van der Waals surface area contributed by atoms with Crippen LogP contribution in [0.15, 0.2) is 42.6 Å². The topological polar surface area (TPSA) is 94.8 Å². The minimum Gasteiger partial charge on any atom is -0.478 e. The molecule has 0 bridgehead atoms. The van der Waals surface area contributed by atoms with Gasteiger partial charge >= 0.3 is 0 Å². The van der Waals surface area contributed by atoms with Crippen molar-refractivity contribution in [3.05, 3.63) is 59.5 Å². The van der Waals surface area contributed by atoms with Gasteiger partial charge in [0.05, 0.1) is 29.5 Å². The Morgan fingerprint density at radius 2 is 1.97 bits per heavy atom. The number of nitrogens with one attached hydrogen (secondary N) is 1. The van der Waals surface area contributed by atoms with Crippen molar-refractivity contribution >= 4 is 22.8 Å². The lowest BCUT2D eigenvalue weighted by Gasteiger charge is -2.17. The second-order valence-corrected chi connectivity index (χ2v) is 8.06. The van der Waals surface area contributed by atoms with E-state index in [0.717, 1.165) is 5.39 Å². The zero-order chi connectivity index (χ0) is 22.5. The van der Waals surface area contributed by atoms with E-state index >= 15 is 0 Å². The standard InChI is InChI=1S/C23H21FN6O2/c1-4-32-21-16-18(28-22(31)23(16,2)3)26-19(27-21)17-14-9-7-11-25-20(14)30(29-17)12-13-8-5-6-10-15(13)24/h5-11H,4,12H2,1-3H3,(H,26,27,28,31). The maximum Gasteiger partial charge on any atom is 0.235 e. The normalized spacial score (nSPS) is 14.4. The number of fused-ring (bicyclic) bond motifs is 2. The van der Waals surface area contributed by atoms with E-state index < -0.39 is 5.41 Å². The summed E-state index contributed by atoms with van der Waals surface area (Å²) < 4.78 is 21.7. The number of hydrogen-bond donors (Lipinski definition) is 1. The highest BCUT2D eigenvalue weighted by atomic mass is 19.1. The number of benzene rings is 1. The number of carbonyl (C=O) groups is 1. The van der Waals surface area contributed by atoms with Crippen molar-refractivity contribution in [3.63, 3.8) is 0 Å². The molecule has 1 amide bonds. The molecular weight excluding hydrogens is 411 g/mol. The Kier molecular flexibility index (Phi) is 4.61. The average molecular weight is 432 g/mol. The van der Waals surface area contributed by atoms with Crippen LogP contribution in [0, 0.1) is 5.82 Å². The Balaban J connectivity index is 1.68. The molecule has 0 saturated heterocycles. The third-order valence-corrected chi connectivity index (χ3v) is 5.58. The Bertz CT molecular complexity index is 1360. The molecule has 1 aliphatic rings. The van der Waals surface area contributed by atoms with Gasteiger partial charge in [0.15, 0.2) is 11.5 Å². The van der Waals surface area contributed by atoms with Crippen LogP contribution in [0.25, 0.3) is 22.6 Å². The van der Waals surface area contributed by atoms with Crippen LogP contribution in [-0.4, -0.2) is 37.2 Å². The minimum absolute atomic E-state index is 0.170. The van der Waals surface area contributed by atoms with E-state index in [2.05, 4.69) is 25.4 Å². The van der Waals surface area contributed by atoms with Crippen molar-refractivity contribution in [2.45, 2.75) is 32.7 Å². The highest BCUT2D eigenvalue weighted by molar-refractivity contribution is 6.05. The van der Waals surface area contributed by atoms with Crippen LogP contribution >= 0.6 is 0 Å². The summed E-state index contributed by atoms with van der Waals surface area (Å²) in [6, 6.07) is 10.2. The summed E-state index contributed by atoms with van der Waals surface area (Å²) in [4.78, 5) is 26.2. The maximum atomic E-state index is 14.3. The lowest BCUT2D eigenvalue weighted by Crippen LogP contribution is -2.27. The van der Waals surface area contributed by atoms with E-state index in [-0.39, 0.29) is 18.3 Å². The third-order valence-electron chi connectivity index (χ3n) is 5.58. The fourth-order valence-electron chi connectivity index (χ4n) is 3.89. The molecule has 32 heavy (non-hydrogen) atoms. The van der Waals surface area contributed by atoms with Gasteiger partial charge in [-0.25, -0.2) is 19.0 Å². The Hall–Kier alpha value is -3.88. The molecule has 162 valence electrons. The SMILES string of the molecule is CCOc1nc(-c2nn(Cc3ccccc3F)c3ncccc23)nc2c1C(C)(C)C(=O)N2. The first-order valence-corrected chi connectivity index (χ1v) is 10.3. The molecule has 4 aromatic rings. The number of hydrogen-bond acceptors (Lipinski definition) is 6. The monoisotopic (exact) mass is 432 g/mol. The number of rotatable bonds is 5. The van der Waals surface area contributed by atoms with Crippen LogP contribution in [0.2, 0.25) is 0 Å². The Morgan fingerprint density at radius 1 is 1.16 bits per heavy atom. The van der Waals surface area contributed by atoms with E-state index in [9.17, 15) is 9.18 Å².